The zero-order valence-corrected chi connectivity index (χ0v) is 15.8. The van der Waals surface area contributed by atoms with Gasteiger partial charge in [0.15, 0.2) is 0 Å². The Hall–Kier alpha value is -2.74. The van der Waals surface area contributed by atoms with E-state index in [4.69, 9.17) is 9.15 Å². The zero-order chi connectivity index (χ0) is 18.5. The van der Waals surface area contributed by atoms with Gasteiger partial charge in [0.25, 0.3) is 0 Å². The highest BCUT2D eigenvalue weighted by Gasteiger charge is 2.21. The first-order valence-corrected chi connectivity index (χ1v) is 9.17. The van der Waals surface area contributed by atoms with Crippen LogP contribution in [0.2, 0.25) is 0 Å². The summed E-state index contributed by atoms with van der Waals surface area (Å²) in [5, 5.41) is 2.24. The van der Waals surface area contributed by atoms with Crippen LogP contribution in [0.5, 0.6) is 0 Å². The van der Waals surface area contributed by atoms with Crippen LogP contribution >= 0.6 is 0 Å². The van der Waals surface area contributed by atoms with Gasteiger partial charge in [0.05, 0.1) is 7.11 Å². The first kappa shape index (κ1) is 18.1. The SMILES string of the molecule is C=C(C)/C(OC)=C(\CCCC)c1oc(-c2ccccc2)c2ccccc12. The number of furan rings is 1. The van der Waals surface area contributed by atoms with Crippen molar-refractivity contribution in [3.8, 4) is 11.3 Å². The lowest BCUT2D eigenvalue weighted by atomic mass is 9.99. The minimum atomic E-state index is 0.831. The molecule has 0 aliphatic heterocycles. The van der Waals surface area contributed by atoms with Crippen molar-refractivity contribution in [3.63, 3.8) is 0 Å². The van der Waals surface area contributed by atoms with E-state index in [-0.39, 0.29) is 0 Å². The van der Waals surface area contributed by atoms with Crippen molar-refractivity contribution >= 4 is 16.3 Å². The minimum absolute atomic E-state index is 0.831. The largest absolute Gasteiger partial charge is 0.496 e. The first-order chi connectivity index (χ1) is 12.7. The molecule has 0 saturated heterocycles. The molecule has 0 N–H and O–H groups in total. The summed E-state index contributed by atoms with van der Waals surface area (Å²) >= 11 is 0. The van der Waals surface area contributed by atoms with Crippen molar-refractivity contribution in [1.82, 2.24) is 0 Å². The van der Waals surface area contributed by atoms with E-state index in [0.29, 0.717) is 0 Å². The number of hydrogen-bond donors (Lipinski definition) is 0. The molecule has 0 fully saturated rings. The van der Waals surface area contributed by atoms with Crippen molar-refractivity contribution < 1.29 is 9.15 Å². The number of allylic oxidation sites excluding steroid dienone is 2. The van der Waals surface area contributed by atoms with Crippen molar-refractivity contribution in [1.29, 1.82) is 0 Å². The Kier molecular flexibility index (Phi) is 5.62. The second kappa shape index (κ2) is 8.09. The van der Waals surface area contributed by atoms with Gasteiger partial charge in [-0.3, -0.25) is 0 Å². The van der Waals surface area contributed by atoms with E-state index >= 15 is 0 Å². The van der Waals surface area contributed by atoms with Crippen molar-refractivity contribution in [2.75, 3.05) is 7.11 Å². The van der Waals surface area contributed by atoms with Crippen LogP contribution in [-0.4, -0.2) is 7.11 Å². The van der Waals surface area contributed by atoms with E-state index in [9.17, 15) is 0 Å². The van der Waals surface area contributed by atoms with Gasteiger partial charge < -0.3 is 9.15 Å². The van der Waals surface area contributed by atoms with Crippen LogP contribution in [0.1, 0.15) is 38.9 Å². The summed E-state index contributed by atoms with van der Waals surface area (Å²) in [6.45, 7) is 8.28. The minimum Gasteiger partial charge on any atom is -0.496 e. The van der Waals surface area contributed by atoms with E-state index in [2.05, 4.69) is 49.9 Å². The fraction of sp³-hybridized carbons (Fsp3) is 0.250. The lowest BCUT2D eigenvalue weighted by Crippen LogP contribution is -1.96. The Morgan fingerprint density at radius 3 is 2.27 bits per heavy atom. The quantitative estimate of drug-likeness (QED) is 0.333. The first-order valence-electron chi connectivity index (χ1n) is 9.17. The molecule has 26 heavy (non-hydrogen) atoms. The predicted octanol–water partition coefficient (Wildman–Crippen LogP) is 7.22. The lowest BCUT2D eigenvalue weighted by molar-refractivity contribution is 0.301. The molecule has 2 heteroatoms. The molecule has 0 atom stereocenters. The Balaban J connectivity index is 2.27. The number of hydrogen-bond acceptors (Lipinski definition) is 2. The van der Waals surface area contributed by atoms with E-state index in [1.165, 1.54) is 0 Å². The molecule has 2 aromatic carbocycles. The van der Waals surface area contributed by atoms with E-state index in [1.54, 1.807) is 7.11 Å². The Bertz CT molecular complexity index is 929. The molecule has 3 aromatic rings. The average molecular weight is 346 g/mol. The smallest absolute Gasteiger partial charge is 0.142 e. The van der Waals surface area contributed by atoms with Crippen molar-refractivity contribution in [2.45, 2.75) is 33.1 Å². The molecule has 0 unspecified atom stereocenters. The Morgan fingerprint density at radius 1 is 1.00 bits per heavy atom. The second-order valence-corrected chi connectivity index (χ2v) is 6.57. The second-order valence-electron chi connectivity index (χ2n) is 6.57. The van der Waals surface area contributed by atoms with Gasteiger partial charge >= 0.3 is 0 Å². The molecule has 1 heterocycles. The fourth-order valence-electron chi connectivity index (χ4n) is 3.36. The maximum absolute atomic E-state index is 6.46. The Morgan fingerprint density at radius 2 is 1.65 bits per heavy atom. The van der Waals surface area contributed by atoms with Gasteiger partial charge in [-0.15, -0.1) is 0 Å². The van der Waals surface area contributed by atoms with Gasteiger partial charge in [0.2, 0.25) is 0 Å². The molecule has 3 rings (SSSR count). The monoisotopic (exact) mass is 346 g/mol. The standard InChI is InChI=1S/C24H26O2/c1-5-6-14-21(22(25-4)17(2)3)24-20-16-11-10-15-19(20)23(26-24)18-12-8-7-9-13-18/h7-13,15-16H,2,5-6,14H2,1,3-4H3/b22-21-. The highest BCUT2D eigenvalue weighted by atomic mass is 16.5. The van der Waals surface area contributed by atoms with Crippen LogP contribution in [0.15, 0.2) is 76.9 Å². The van der Waals surface area contributed by atoms with Gasteiger partial charge in [0, 0.05) is 21.9 Å². The molecule has 0 radical (unpaired) electrons. The molecular formula is C24H26O2. The van der Waals surface area contributed by atoms with E-state index in [1.807, 2.05) is 25.1 Å². The lowest BCUT2D eigenvalue weighted by Gasteiger charge is -2.13. The van der Waals surface area contributed by atoms with Crippen molar-refractivity contribution in [2.24, 2.45) is 0 Å². The summed E-state index contributed by atoms with van der Waals surface area (Å²) < 4.78 is 12.2. The molecule has 0 amide bonds. The number of fused-ring (bicyclic) bond motifs is 1. The summed E-state index contributed by atoms with van der Waals surface area (Å²) in [6.07, 6.45) is 3.09. The molecule has 0 spiro atoms. The van der Waals surface area contributed by atoms with Crippen LogP contribution < -0.4 is 0 Å². The third kappa shape index (κ3) is 3.45. The van der Waals surface area contributed by atoms with Crippen LogP contribution in [-0.2, 0) is 4.74 Å². The molecule has 134 valence electrons. The molecule has 0 bridgehead atoms. The number of ether oxygens (including phenoxy) is 1. The average Bonchev–Trinajstić information content (AvgIpc) is 3.05. The van der Waals surface area contributed by atoms with Gasteiger partial charge in [-0.05, 0) is 25.3 Å². The molecule has 2 nitrogen and oxygen atoms in total. The topological polar surface area (TPSA) is 22.4 Å². The van der Waals surface area contributed by atoms with Crippen LogP contribution in [0.3, 0.4) is 0 Å². The summed E-state index contributed by atoms with van der Waals surface area (Å²) in [5.74, 6) is 2.63. The number of rotatable bonds is 7. The fourth-order valence-corrected chi connectivity index (χ4v) is 3.36. The predicted molar refractivity (Wildman–Crippen MR) is 110 cm³/mol. The maximum Gasteiger partial charge on any atom is 0.142 e. The van der Waals surface area contributed by atoms with Crippen LogP contribution in [0, 0.1) is 0 Å². The number of methoxy groups -OCH3 is 1. The van der Waals surface area contributed by atoms with E-state index < -0.39 is 0 Å². The highest BCUT2D eigenvalue weighted by molar-refractivity contribution is 6.01. The van der Waals surface area contributed by atoms with Crippen LogP contribution in [0.25, 0.3) is 27.7 Å². The van der Waals surface area contributed by atoms with Gasteiger partial charge in [-0.25, -0.2) is 0 Å². The normalized spacial score (nSPS) is 12.1. The number of unbranched alkanes of at least 4 members (excludes halogenated alkanes) is 1. The summed E-state index contributed by atoms with van der Waals surface area (Å²) in [5.41, 5.74) is 3.10. The van der Waals surface area contributed by atoms with Crippen LogP contribution in [0.4, 0.5) is 0 Å². The maximum atomic E-state index is 6.46. The summed E-state index contributed by atoms with van der Waals surface area (Å²) in [6, 6.07) is 18.6. The third-order valence-corrected chi connectivity index (χ3v) is 4.58. The Labute approximate surface area is 155 Å². The molecular weight excluding hydrogens is 320 g/mol. The summed E-state index contributed by atoms with van der Waals surface area (Å²) in [4.78, 5) is 0. The molecule has 0 aliphatic rings. The van der Waals surface area contributed by atoms with Gasteiger partial charge in [0.1, 0.15) is 17.3 Å². The molecule has 0 saturated carbocycles. The third-order valence-electron chi connectivity index (χ3n) is 4.58. The number of benzene rings is 2. The van der Waals surface area contributed by atoms with E-state index in [0.717, 1.165) is 64.0 Å². The van der Waals surface area contributed by atoms with Gasteiger partial charge in [-0.1, -0.05) is 74.5 Å². The van der Waals surface area contributed by atoms with Crippen molar-refractivity contribution in [3.05, 3.63) is 78.3 Å². The molecule has 1 aromatic heterocycles. The van der Waals surface area contributed by atoms with Gasteiger partial charge in [-0.2, -0.15) is 0 Å². The summed E-state index contributed by atoms with van der Waals surface area (Å²) in [7, 11) is 1.71. The molecule has 0 aliphatic carbocycles. The highest BCUT2D eigenvalue weighted by Crippen LogP contribution is 2.40. The zero-order valence-electron chi connectivity index (χ0n) is 15.8.